The molecule has 1 atom stereocenters. The molecular formula is C21H22N4O2S. The van der Waals surface area contributed by atoms with Crippen LogP contribution >= 0.6 is 11.8 Å². The van der Waals surface area contributed by atoms with Crippen LogP contribution < -0.4 is 10.1 Å². The summed E-state index contributed by atoms with van der Waals surface area (Å²) in [5.74, 6) is 1.45. The van der Waals surface area contributed by atoms with E-state index in [0.717, 1.165) is 29.7 Å². The van der Waals surface area contributed by atoms with Crippen molar-refractivity contribution in [2.45, 2.75) is 29.3 Å². The molecule has 7 heteroatoms. The number of nitrogens with one attached hydrogen (secondary N) is 1. The molecule has 1 aliphatic carbocycles. The van der Waals surface area contributed by atoms with E-state index in [0.29, 0.717) is 17.0 Å². The lowest BCUT2D eigenvalue weighted by Gasteiger charge is -2.16. The Kier molecular flexibility index (Phi) is 5.34. The third-order valence-electron chi connectivity index (χ3n) is 4.67. The summed E-state index contributed by atoms with van der Waals surface area (Å²) in [4.78, 5) is 12.9. The van der Waals surface area contributed by atoms with Crippen LogP contribution in [0.15, 0.2) is 59.8 Å². The lowest BCUT2D eigenvalue weighted by atomic mass is 10.1. The SMILES string of the molecule is COc1ccccc1-c1nnc(SC(C(=O)NC2CC2)c2ccccc2)n1C. The molecule has 1 heterocycles. The van der Waals surface area contributed by atoms with E-state index >= 15 is 0 Å². The highest BCUT2D eigenvalue weighted by Gasteiger charge is 2.30. The normalized spacial score (nSPS) is 14.5. The lowest BCUT2D eigenvalue weighted by Crippen LogP contribution is -2.29. The van der Waals surface area contributed by atoms with Gasteiger partial charge >= 0.3 is 0 Å². The fourth-order valence-corrected chi connectivity index (χ4v) is 4.00. The van der Waals surface area contributed by atoms with Gasteiger partial charge in [0.1, 0.15) is 11.0 Å². The minimum Gasteiger partial charge on any atom is -0.496 e. The molecule has 4 rings (SSSR count). The van der Waals surface area contributed by atoms with Crippen LogP contribution in [0.4, 0.5) is 0 Å². The Bertz CT molecular complexity index is 970. The molecule has 144 valence electrons. The summed E-state index contributed by atoms with van der Waals surface area (Å²) in [6, 6.07) is 17.8. The van der Waals surface area contributed by atoms with Crippen molar-refractivity contribution in [3.63, 3.8) is 0 Å². The zero-order valence-corrected chi connectivity index (χ0v) is 16.6. The number of rotatable bonds is 7. The predicted molar refractivity (Wildman–Crippen MR) is 109 cm³/mol. The Morgan fingerprint density at radius 1 is 1.14 bits per heavy atom. The highest BCUT2D eigenvalue weighted by Crippen LogP contribution is 2.37. The molecule has 1 saturated carbocycles. The molecule has 0 radical (unpaired) electrons. The molecule has 3 aromatic rings. The van der Waals surface area contributed by atoms with Crippen LogP contribution in [0.2, 0.25) is 0 Å². The zero-order valence-electron chi connectivity index (χ0n) is 15.8. The number of thioether (sulfide) groups is 1. The second-order valence-corrected chi connectivity index (χ2v) is 7.83. The van der Waals surface area contributed by atoms with Gasteiger partial charge in [0.2, 0.25) is 5.91 Å². The first-order valence-electron chi connectivity index (χ1n) is 9.22. The number of benzene rings is 2. The van der Waals surface area contributed by atoms with Crippen LogP contribution in [-0.4, -0.2) is 33.8 Å². The lowest BCUT2D eigenvalue weighted by molar-refractivity contribution is -0.120. The van der Waals surface area contributed by atoms with E-state index in [4.69, 9.17) is 4.74 Å². The minimum absolute atomic E-state index is 0.0144. The molecular weight excluding hydrogens is 372 g/mol. The van der Waals surface area contributed by atoms with E-state index < -0.39 is 0 Å². The van der Waals surface area contributed by atoms with Gasteiger partial charge in [-0.05, 0) is 30.5 Å². The van der Waals surface area contributed by atoms with Gasteiger partial charge in [-0.2, -0.15) is 0 Å². The Hall–Kier alpha value is -2.80. The van der Waals surface area contributed by atoms with Crippen LogP contribution in [-0.2, 0) is 11.8 Å². The Morgan fingerprint density at radius 2 is 1.86 bits per heavy atom. The maximum absolute atomic E-state index is 12.9. The van der Waals surface area contributed by atoms with Gasteiger partial charge in [-0.15, -0.1) is 10.2 Å². The fourth-order valence-electron chi connectivity index (χ4n) is 2.99. The third kappa shape index (κ3) is 3.89. The maximum Gasteiger partial charge on any atom is 0.238 e. The van der Waals surface area contributed by atoms with Gasteiger partial charge in [-0.25, -0.2) is 0 Å². The van der Waals surface area contributed by atoms with Crippen molar-refractivity contribution in [1.29, 1.82) is 0 Å². The fraction of sp³-hybridized carbons (Fsp3) is 0.286. The van der Waals surface area contributed by atoms with Gasteiger partial charge in [0, 0.05) is 13.1 Å². The average molecular weight is 395 g/mol. The highest BCUT2D eigenvalue weighted by molar-refractivity contribution is 8.00. The van der Waals surface area contributed by atoms with E-state index in [-0.39, 0.29) is 11.2 Å². The van der Waals surface area contributed by atoms with Crippen LogP contribution in [0.3, 0.4) is 0 Å². The number of hydrogen-bond acceptors (Lipinski definition) is 5. The van der Waals surface area contributed by atoms with E-state index in [9.17, 15) is 4.79 Å². The number of amides is 1. The molecule has 1 amide bonds. The monoisotopic (exact) mass is 394 g/mol. The molecule has 1 aromatic heterocycles. The average Bonchev–Trinajstić information content (AvgIpc) is 3.47. The number of para-hydroxylation sites is 1. The van der Waals surface area contributed by atoms with E-state index in [1.54, 1.807) is 7.11 Å². The second kappa shape index (κ2) is 8.06. The van der Waals surface area contributed by atoms with Gasteiger partial charge in [0.25, 0.3) is 0 Å². The van der Waals surface area contributed by atoms with Gasteiger partial charge in [-0.3, -0.25) is 4.79 Å². The summed E-state index contributed by atoms with van der Waals surface area (Å²) in [7, 11) is 3.55. The smallest absolute Gasteiger partial charge is 0.238 e. The molecule has 1 N–H and O–H groups in total. The quantitative estimate of drug-likeness (QED) is 0.620. The largest absolute Gasteiger partial charge is 0.496 e. The van der Waals surface area contributed by atoms with E-state index in [1.165, 1.54) is 11.8 Å². The van der Waals surface area contributed by atoms with Crippen molar-refractivity contribution >= 4 is 17.7 Å². The summed E-state index contributed by atoms with van der Waals surface area (Å²) in [6.45, 7) is 0. The van der Waals surface area contributed by atoms with E-state index in [2.05, 4.69) is 15.5 Å². The molecule has 6 nitrogen and oxygen atoms in total. The van der Waals surface area contributed by atoms with Crippen molar-refractivity contribution in [1.82, 2.24) is 20.1 Å². The van der Waals surface area contributed by atoms with Crippen molar-refractivity contribution < 1.29 is 9.53 Å². The van der Waals surface area contributed by atoms with Gasteiger partial charge in [0.15, 0.2) is 11.0 Å². The van der Waals surface area contributed by atoms with Crippen LogP contribution in [0.5, 0.6) is 5.75 Å². The zero-order chi connectivity index (χ0) is 19.5. The third-order valence-corrected chi connectivity index (χ3v) is 5.96. The number of hydrogen-bond donors (Lipinski definition) is 1. The molecule has 1 aliphatic rings. The van der Waals surface area contributed by atoms with Crippen LogP contribution in [0.1, 0.15) is 23.7 Å². The summed E-state index contributed by atoms with van der Waals surface area (Å²) >= 11 is 1.41. The van der Waals surface area contributed by atoms with Crippen LogP contribution in [0.25, 0.3) is 11.4 Å². The summed E-state index contributed by atoms with van der Waals surface area (Å²) in [5, 5.41) is 12.1. The summed E-state index contributed by atoms with van der Waals surface area (Å²) in [5.41, 5.74) is 1.82. The molecule has 0 aliphatic heterocycles. The molecule has 1 fully saturated rings. The second-order valence-electron chi connectivity index (χ2n) is 6.76. The highest BCUT2D eigenvalue weighted by atomic mass is 32.2. The van der Waals surface area contributed by atoms with Crippen molar-refractivity contribution in [2.24, 2.45) is 7.05 Å². The Balaban J connectivity index is 1.64. The van der Waals surface area contributed by atoms with Crippen LogP contribution in [0, 0.1) is 0 Å². The summed E-state index contributed by atoms with van der Waals surface area (Å²) < 4.78 is 7.36. The minimum atomic E-state index is -0.379. The first-order valence-corrected chi connectivity index (χ1v) is 10.1. The standard InChI is InChI=1S/C21H22N4O2S/c1-25-19(16-10-6-7-11-17(16)27-2)23-24-21(25)28-18(14-8-4-3-5-9-14)20(26)22-15-12-13-15/h3-11,15,18H,12-13H2,1-2H3,(H,22,26). The molecule has 2 aromatic carbocycles. The Morgan fingerprint density at radius 3 is 2.57 bits per heavy atom. The number of ether oxygens (including phenoxy) is 1. The van der Waals surface area contributed by atoms with Gasteiger partial charge < -0.3 is 14.6 Å². The number of aromatic nitrogens is 3. The number of nitrogens with zero attached hydrogens (tertiary/aromatic N) is 3. The first-order chi connectivity index (χ1) is 13.7. The van der Waals surface area contributed by atoms with Crippen molar-refractivity contribution in [3.8, 4) is 17.1 Å². The molecule has 0 saturated heterocycles. The molecule has 0 bridgehead atoms. The maximum atomic E-state index is 12.9. The molecule has 0 spiro atoms. The van der Waals surface area contributed by atoms with Crippen molar-refractivity contribution in [2.75, 3.05) is 7.11 Å². The number of carbonyl (C=O) groups excluding carboxylic acids is 1. The van der Waals surface area contributed by atoms with Gasteiger partial charge in [0.05, 0.1) is 12.7 Å². The molecule has 1 unspecified atom stereocenters. The Labute approximate surface area is 168 Å². The van der Waals surface area contributed by atoms with E-state index in [1.807, 2.05) is 66.2 Å². The first kappa shape index (κ1) is 18.6. The van der Waals surface area contributed by atoms with Crippen molar-refractivity contribution in [3.05, 3.63) is 60.2 Å². The number of methoxy groups -OCH3 is 1. The summed E-state index contributed by atoms with van der Waals surface area (Å²) in [6.07, 6.45) is 2.11. The predicted octanol–water partition coefficient (Wildman–Crippen LogP) is 3.60. The number of carbonyl (C=O) groups is 1. The topological polar surface area (TPSA) is 69.0 Å². The molecule has 28 heavy (non-hydrogen) atoms. The van der Waals surface area contributed by atoms with Gasteiger partial charge in [-0.1, -0.05) is 54.2 Å².